The molecule has 2 aromatic carbocycles. The molecule has 3 N–H and O–H groups in total. The fourth-order valence-electron chi connectivity index (χ4n) is 3.84. The molecule has 0 saturated carbocycles. The Balaban J connectivity index is 1.23. The Labute approximate surface area is 183 Å². The van der Waals surface area contributed by atoms with E-state index in [1.165, 1.54) is 17.1 Å². The molecule has 5 aromatic rings. The van der Waals surface area contributed by atoms with Crippen molar-refractivity contribution in [3.05, 3.63) is 88.7 Å². The molecule has 0 aliphatic rings. The van der Waals surface area contributed by atoms with E-state index >= 15 is 0 Å². The van der Waals surface area contributed by atoms with E-state index in [9.17, 15) is 9.59 Å². The summed E-state index contributed by atoms with van der Waals surface area (Å²) < 4.78 is 1.63. The maximum atomic E-state index is 12.4. The minimum atomic E-state index is -0.257. The number of aromatic amines is 2. The third-order valence-corrected chi connectivity index (χ3v) is 5.47. The first-order valence-electron chi connectivity index (χ1n) is 10.5. The van der Waals surface area contributed by atoms with Crippen LogP contribution >= 0.6 is 0 Å². The SMILES string of the molecule is O=C(CCc1nc2c(cnn2-c2ccccc2)c(=O)[nH]1)NCCc1c[nH]c2ccccc12. The summed E-state index contributed by atoms with van der Waals surface area (Å²) in [6, 6.07) is 17.6. The molecule has 8 nitrogen and oxygen atoms in total. The van der Waals surface area contributed by atoms with Crippen molar-refractivity contribution >= 4 is 27.8 Å². The van der Waals surface area contributed by atoms with Crippen molar-refractivity contribution < 1.29 is 4.79 Å². The van der Waals surface area contributed by atoms with Crippen LogP contribution in [0.3, 0.4) is 0 Å². The summed E-state index contributed by atoms with van der Waals surface area (Å²) in [5, 5.41) is 8.84. The normalized spacial score (nSPS) is 11.2. The zero-order chi connectivity index (χ0) is 21.9. The van der Waals surface area contributed by atoms with Crippen molar-refractivity contribution in [2.75, 3.05) is 6.54 Å². The molecule has 8 heteroatoms. The molecule has 160 valence electrons. The number of nitrogens with one attached hydrogen (secondary N) is 3. The van der Waals surface area contributed by atoms with Crippen molar-refractivity contribution in [2.24, 2.45) is 0 Å². The van der Waals surface area contributed by atoms with Gasteiger partial charge in [0.2, 0.25) is 5.91 Å². The molecule has 0 fully saturated rings. The number of carbonyl (C=O) groups is 1. The molecule has 0 aliphatic heterocycles. The molecule has 1 amide bonds. The summed E-state index contributed by atoms with van der Waals surface area (Å²) in [5.74, 6) is 0.385. The third kappa shape index (κ3) is 3.90. The van der Waals surface area contributed by atoms with Crippen LogP contribution in [0.15, 0.2) is 71.8 Å². The number of para-hydroxylation sites is 2. The summed E-state index contributed by atoms with van der Waals surface area (Å²) in [6.07, 6.45) is 4.81. The lowest BCUT2D eigenvalue weighted by Crippen LogP contribution is -2.26. The lowest BCUT2D eigenvalue weighted by atomic mass is 10.1. The van der Waals surface area contributed by atoms with E-state index in [1.807, 2.05) is 54.7 Å². The zero-order valence-electron chi connectivity index (χ0n) is 17.3. The Kier molecular flexibility index (Phi) is 5.25. The minimum absolute atomic E-state index is 0.0795. The second-order valence-corrected chi connectivity index (χ2v) is 7.60. The first-order valence-corrected chi connectivity index (χ1v) is 10.5. The molecule has 0 atom stereocenters. The van der Waals surface area contributed by atoms with Gasteiger partial charge in [-0.3, -0.25) is 9.59 Å². The number of hydrogen-bond donors (Lipinski definition) is 3. The molecule has 0 radical (unpaired) electrons. The highest BCUT2D eigenvalue weighted by Gasteiger charge is 2.12. The average molecular weight is 426 g/mol. The Morgan fingerprint density at radius 2 is 1.81 bits per heavy atom. The number of carbonyl (C=O) groups excluding carboxylic acids is 1. The van der Waals surface area contributed by atoms with Crippen molar-refractivity contribution in [1.29, 1.82) is 0 Å². The highest BCUT2D eigenvalue weighted by atomic mass is 16.1. The maximum absolute atomic E-state index is 12.4. The first-order chi connectivity index (χ1) is 15.7. The van der Waals surface area contributed by atoms with Crippen molar-refractivity contribution in [3.63, 3.8) is 0 Å². The fraction of sp³-hybridized carbons (Fsp3) is 0.167. The topological polar surface area (TPSA) is 108 Å². The quantitative estimate of drug-likeness (QED) is 0.372. The molecule has 0 spiro atoms. The van der Waals surface area contributed by atoms with Gasteiger partial charge in [0.25, 0.3) is 5.56 Å². The van der Waals surface area contributed by atoms with Gasteiger partial charge in [0, 0.05) is 36.5 Å². The molecule has 32 heavy (non-hydrogen) atoms. The summed E-state index contributed by atoms with van der Waals surface area (Å²) in [6.45, 7) is 0.546. The Morgan fingerprint density at radius 3 is 2.69 bits per heavy atom. The predicted molar refractivity (Wildman–Crippen MR) is 123 cm³/mol. The van der Waals surface area contributed by atoms with E-state index in [0.717, 1.165) is 17.6 Å². The fourth-order valence-corrected chi connectivity index (χ4v) is 3.84. The average Bonchev–Trinajstić information content (AvgIpc) is 3.43. The van der Waals surface area contributed by atoms with Gasteiger partial charge in [0.05, 0.1) is 11.9 Å². The van der Waals surface area contributed by atoms with Gasteiger partial charge in [-0.05, 0) is 30.2 Å². The summed E-state index contributed by atoms with van der Waals surface area (Å²) in [5.41, 5.74) is 3.31. The molecule has 3 heterocycles. The molecule has 5 rings (SSSR count). The minimum Gasteiger partial charge on any atom is -0.361 e. The number of aryl methyl sites for hydroxylation is 1. The molecular weight excluding hydrogens is 404 g/mol. The molecule has 0 unspecified atom stereocenters. The van der Waals surface area contributed by atoms with Gasteiger partial charge in [-0.1, -0.05) is 36.4 Å². The standard InChI is InChI=1S/C24H22N6O2/c31-22(25-13-12-16-14-26-20-9-5-4-8-18(16)20)11-10-21-28-23-19(24(32)29-21)15-27-30(23)17-6-2-1-3-7-17/h1-9,14-15,26H,10-13H2,(H,25,31)(H,28,29,32). The second-order valence-electron chi connectivity index (χ2n) is 7.60. The van der Waals surface area contributed by atoms with E-state index in [-0.39, 0.29) is 17.9 Å². The first kappa shape index (κ1) is 19.7. The lowest BCUT2D eigenvalue weighted by Gasteiger charge is -2.06. The Hall–Kier alpha value is -4.20. The number of hydrogen-bond acceptors (Lipinski definition) is 4. The van der Waals surface area contributed by atoms with Gasteiger partial charge in [-0.15, -0.1) is 0 Å². The van der Waals surface area contributed by atoms with Crippen LogP contribution in [0.1, 0.15) is 17.8 Å². The van der Waals surface area contributed by atoms with Crippen LogP contribution < -0.4 is 10.9 Å². The predicted octanol–water partition coefficient (Wildman–Crippen LogP) is 2.88. The molecule has 0 saturated heterocycles. The zero-order valence-corrected chi connectivity index (χ0v) is 17.3. The third-order valence-electron chi connectivity index (χ3n) is 5.47. The number of rotatable bonds is 7. The van der Waals surface area contributed by atoms with Crippen LogP contribution in [-0.2, 0) is 17.6 Å². The van der Waals surface area contributed by atoms with Gasteiger partial charge in [0.1, 0.15) is 11.2 Å². The van der Waals surface area contributed by atoms with Gasteiger partial charge < -0.3 is 15.3 Å². The number of fused-ring (bicyclic) bond motifs is 2. The van der Waals surface area contributed by atoms with Crippen molar-refractivity contribution in [1.82, 2.24) is 30.0 Å². The van der Waals surface area contributed by atoms with Crippen LogP contribution in [-0.4, -0.2) is 37.2 Å². The highest BCUT2D eigenvalue weighted by molar-refractivity contribution is 5.83. The Morgan fingerprint density at radius 1 is 1.00 bits per heavy atom. The number of benzene rings is 2. The molecule has 3 aromatic heterocycles. The molecule has 0 aliphatic carbocycles. The second kappa shape index (κ2) is 8.50. The van der Waals surface area contributed by atoms with Gasteiger partial charge >= 0.3 is 0 Å². The monoisotopic (exact) mass is 426 g/mol. The van der Waals surface area contributed by atoms with Crippen LogP contribution in [0.5, 0.6) is 0 Å². The van der Waals surface area contributed by atoms with Gasteiger partial charge in [0.15, 0.2) is 5.65 Å². The summed E-state index contributed by atoms with van der Waals surface area (Å²) >= 11 is 0. The summed E-state index contributed by atoms with van der Waals surface area (Å²) in [7, 11) is 0. The number of nitrogens with zero attached hydrogens (tertiary/aromatic N) is 3. The maximum Gasteiger partial charge on any atom is 0.262 e. The van der Waals surface area contributed by atoms with E-state index < -0.39 is 0 Å². The summed E-state index contributed by atoms with van der Waals surface area (Å²) in [4.78, 5) is 35.4. The van der Waals surface area contributed by atoms with Gasteiger partial charge in [-0.25, -0.2) is 9.67 Å². The largest absolute Gasteiger partial charge is 0.361 e. The molecular formula is C24H22N6O2. The van der Waals surface area contributed by atoms with E-state index in [2.05, 4.69) is 31.4 Å². The van der Waals surface area contributed by atoms with E-state index in [0.29, 0.717) is 29.8 Å². The highest BCUT2D eigenvalue weighted by Crippen LogP contribution is 2.18. The van der Waals surface area contributed by atoms with Gasteiger partial charge in [-0.2, -0.15) is 5.10 Å². The molecule has 0 bridgehead atoms. The number of H-pyrrole nitrogens is 2. The Bertz CT molecular complexity index is 1450. The smallest absolute Gasteiger partial charge is 0.262 e. The number of amides is 1. The van der Waals surface area contributed by atoms with Crippen LogP contribution in [0, 0.1) is 0 Å². The van der Waals surface area contributed by atoms with Crippen LogP contribution in [0.2, 0.25) is 0 Å². The van der Waals surface area contributed by atoms with Crippen molar-refractivity contribution in [3.8, 4) is 5.69 Å². The van der Waals surface area contributed by atoms with Crippen LogP contribution in [0.4, 0.5) is 0 Å². The van der Waals surface area contributed by atoms with E-state index in [1.54, 1.807) is 4.68 Å². The lowest BCUT2D eigenvalue weighted by molar-refractivity contribution is -0.121. The van der Waals surface area contributed by atoms with Crippen LogP contribution in [0.25, 0.3) is 27.6 Å². The number of aromatic nitrogens is 5. The van der Waals surface area contributed by atoms with Crippen molar-refractivity contribution in [2.45, 2.75) is 19.3 Å². The van der Waals surface area contributed by atoms with E-state index in [4.69, 9.17) is 0 Å².